The van der Waals surface area contributed by atoms with Crippen LogP contribution in [0.2, 0.25) is 0 Å². The lowest BCUT2D eigenvalue weighted by Gasteiger charge is -2.29. The second kappa shape index (κ2) is 5.79. The summed E-state index contributed by atoms with van der Waals surface area (Å²) >= 11 is 0. The standard InChI is InChI=1S/C9H20N2O3S/c1-14-6-3-7-15(12,13)11-5-2-4-9(10)8-11/h9H,2-8,10H2,1H3. The Morgan fingerprint density at radius 2 is 2.27 bits per heavy atom. The van der Waals surface area contributed by atoms with E-state index in [1.807, 2.05) is 0 Å². The third kappa shape index (κ3) is 4.06. The summed E-state index contributed by atoms with van der Waals surface area (Å²) < 4.78 is 30.0. The number of hydrogen-bond donors (Lipinski definition) is 1. The van der Waals surface area contributed by atoms with Gasteiger partial charge in [0.25, 0.3) is 0 Å². The molecule has 0 aromatic carbocycles. The predicted octanol–water partition coefficient (Wildman–Crippen LogP) is -0.224. The smallest absolute Gasteiger partial charge is 0.214 e. The Morgan fingerprint density at radius 3 is 2.87 bits per heavy atom. The molecule has 0 spiro atoms. The molecule has 5 nitrogen and oxygen atoms in total. The fourth-order valence-corrected chi connectivity index (χ4v) is 3.31. The molecule has 0 aromatic rings. The number of hydrogen-bond acceptors (Lipinski definition) is 4. The molecule has 0 radical (unpaired) electrons. The Labute approximate surface area is 91.6 Å². The topological polar surface area (TPSA) is 72.6 Å². The van der Waals surface area contributed by atoms with Gasteiger partial charge in [0, 0.05) is 32.8 Å². The molecule has 1 rings (SSSR count). The van der Waals surface area contributed by atoms with E-state index in [9.17, 15) is 8.42 Å². The van der Waals surface area contributed by atoms with Gasteiger partial charge in [-0.2, -0.15) is 0 Å². The van der Waals surface area contributed by atoms with E-state index >= 15 is 0 Å². The second-order valence-corrected chi connectivity index (χ2v) is 6.01. The summed E-state index contributed by atoms with van der Waals surface area (Å²) in [7, 11) is -1.54. The van der Waals surface area contributed by atoms with Gasteiger partial charge in [0.1, 0.15) is 0 Å². The molecule has 1 unspecified atom stereocenters. The van der Waals surface area contributed by atoms with Crippen LogP contribution in [0.3, 0.4) is 0 Å². The van der Waals surface area contributed by atoms with Gasteiger partial charge < -0.3 is 10.5 Å². The van der Waals surface area contributed by atoms with E-state index in [-0.39, 0.29) is 11.8 Å². The van der Waals surface area contributed by atoms with Crippen molar-refractivity contribution in [3.05, 3.63) is 0 Å². The maximum Gasteiger partial charge on any atom is 0.214 e. The molecule has 1 fully saturated rings. The van der Waals surface area contributed by atoms with Gasteiger partial charge in [0.2, 0.25) is 10.0 Å². The Hall–Kier alpha value is -0.170. The molecule has 90 valence electrons. The van der Waals surface area contributed by atoms with E-state index in [0.29, 0.717) is 26.1 Å². The molecule has 1 atom stereocenters. The maximum absolute atomic E-state index is 11.8. The molecule has 0 saturated carbocycles. The van der Waals surface area contributed by atoms with Crippen molar-refractivity contribution in [1.82, 2.24) is 4.31 Å². The van der Waals surface area contributed by atoms with Crippen molar-refractivity contribution < 1.29 is 13.2 Å². The van der Waals surface area contributed by atoms with Gasteiger partial charge in [-0.25, -0.2) is 12.7 Å². The molecule has 0 aromatic heterocycles. The average Bonchev–Trinajstić information content (AvgIpc) is 2.18. The van der Waals surface area contributed by atoms with Gasteiger partial charge in [-0.15, -0.1) is 0 Å². The lowest BCUT2D eigenvalue weighted by atomic mass is 10.1. The van der Waals surface area contributed by atoms with Crippen LogP contribution in [0, 0.1) is 0 Å². The highest BCUT2D eigenvalue weighted by Gasteiger charge is 2.26. The van der Waals surface area contributed by atoms with E-state index in [1.165, 1.54) is 4.31 Å². The summed E-state index contributed by atoms with van der Waals surface area (Å²) in [5, 5.41) is 0. The first-order chi connectivity index (χ1) is 7.06. The largest absolute Gasteiger partial charge is 0.385 e. The summed E-state index contributed by atoms with van der Waals surface area (Å²) in [6, 6.07) is -0.00375. The number of ether oxygens (including phenoxy) is 1. The summed E-state index contributed by atoms with van der Waals surface area (Å²) in [6.45, 7) is 1.57. The zero-order chi connectivity index (χ0) is 11.3. The molecule has 2 N–H and O–H groups in total. The zero-order valence-electron chi connectivity index (χ0n) is 9.18. The third-order valence-electron chi connectivity index (χ3n) is 2.56. The van der Waals surface area contributed by atoms with Crippen LogP contribution in [0.15, 0.2) is 0 Å². The molecular weight excluding hydrogens is 216 g/mol. The molecule has 0 aliphatic carbocycles. The van der Waals surface area contributed by atoms with Crippen LogP contribution in [-0.4, -0.2) is 51.3 Å². The monoisotopic (exact) mass is 236 g/mol. The van der Waals surface area contributed by atoms with Crippen LogP contribution in [0.1, 0.15) is 19.3 Å². The first-order valence-electron chi connectivity index (χ1n) is 5.28. The molecule has 1 heterocycles. The average molecular weight is 236 g/mol. The Balaban J connectivity index is 2.45. The molecule has 1 aliphatic heterocycles. The SMILES string of the molecule is COCCCS(=O)(=O)N1CCCC(N)C1. The van der Waals surface area contributed by atoms with Crippen molar-refractivity contribution in [3.63, 3.8) is 0 Å². The minimum Gasteiger partial charge on any atom is -0.385 e. The Kier molecular flexibility index (Phi) is 4.98. The minimum absolute atomic E-state index is 0.00375. The van der Waals surface area contributed by atoms with Crippen molar-refractivity contribution in [3.8, 4) is 0 Å². The van der Waals surface area contributed by atoms with Gasteiger partial charge in [-0.1, -0.05) is 0 Å². The van der Waals surface area contributed by atoms with Crippen molar-refractivity contribution in [2.45, 2.75) is 25.3 Å². The highest BCUT2D eigenvalue weighted by Crippen LogP contribution is 2.13. The summed E-state index contributed by atoms with van der Waals surface area (Å²) in [5.41, 5.74) is 5.75. The lowest BCUT2D eigenvalue weighted by Crippen LogP contribution is -2.46. The highest BCUT2D eigenvalue weighted by atomic mass is 32.2. The number of nitrogens with zero attached hydrogens (tertiary/aromatic N) is 1. The minimum atomic E-state index is -3.12. The first kappa shape index (κ1) is 12.9. The van der Waals surface area contributed by atoms with Crippen LogP contribution in [-0.2, 0) is 14.8 Å². The fourth-order valence-electron chi connectivity index (χ4n) is 1.74. The fraction of sp³-hybridized carbons (Fsp3) is 1.00. The van der Waals surface area contributed by atoms with Crippen LogP contribution < -0.4 is 5.73 Å². The summed E-state index contributed by atoms with van der Waals surface area (Å²) in [4.78, 5) is 0. The van der Waals surface area contributed by atoms with E-state index in [1.54, 1.807) is 7.11 Å². The van der Waals surface area contributed by atoms with Gasteiger partial charge >= 0.3 is 0 Å². The second-order valence-electron chi connectivity index (χ2n) is 3.92. The Bertz CT molecular complexity index is 279. The third-order valence-corrected chi connectivity index (χ3v) is 4.49. The molecule has 0 bridgehead atoms. The van der Waals surface area contributed by atoms with Gasteiger partial charge in [0.05, 0.1) is 5.75 Å². The van der Waals surface area contributed by atoms with Crippen molar-refractivity contribution in [2.75, 3.05) is 32.6 Å². The first-order valence-corrected chi connectivity index (χ1v) is 6.89. The number of piperidine rings is 1. The number of sulfonamides is 1. The highest BCUT2D eigenvalue weighted by molar-refractivity contribution is 7.89. The van der Waals surface area contributed by atoms with E-state index in [4.69, 9.17) is 10.5 Å². The van der Waals surface area contributed by atoms with Crippen molar-refractivity contribution in [2.24, 2.45) is 5.73 Å². The van der Waals surface area contributed by atoms with Crippen LogP contribution in [0.5, 0.6) is 0 Å². The van der Waals surface area contributed by atoms with Crippen LogP contribution in [0.4, 0.5) is 0 Å². The normalized spacial score (nSPS) is 24.3. The van der Waals surface area contributed by atoms with Gasteiger partial charge in [-0.3, -0.25) is 0 Å². The molecule has 15 heavy (non-hydrogen) atoms. The molecule has 0 amide bonds. The van der Waals surface area contributed by atoms with E-state index < -0.39 is 10.0 Å². The molecule has 6 heteroatoms. The van der Waals surface area contributed by atoms with Crippen LogP contribution >= 0.6 is 0 Å². The predicted molar refractivity (Wildman–Crippen MR) is 59.1 cm³/mol. The van der Waals surface area contributed by atoms with Crippen molar-refractivity contribution in [1.29, 1.82) is 0 Å². The zero-order valence-corrected chi connectivity index (χ0v) is 10.0. The summed E-state index contributed by atoms with van der Waals surface area (Å²) in [6.07, 6.45) is 2.33. The van der Waals surface area contributed by atoms with E-state index in [2.05, 4.69) is 0 Å². The lowest BCUT2D eigenvalue weighted by molar-refractivity contribution is 0.199. The number of nitrogens with two attached hydrogens (primary N) is 1. The van der Waals surface area contributed by atoms with Crippen molar-refractivity contribution >= 4 is 10.0 Å². The quantitative estimate of drug-likeness (QED) is 0.670. The number of rotatable bonds is 5. The molecule has 1 saturated heterocycles. The summed E-state index contributed by atoms with van der Waals surface area (Å²) in [5.74, 6) is 0.160. The maximum atomic E-state index is 11.8. The van der Waals surface area contributed by atoms with E-state index in [0.717, 1.165) is 12.8 Å². The number of methoxy groups -OCH3 is 1. The van der Waals surface area contributed by atoms with Gasteiger partial charge in [-0.05, 0) is 19.3 Å². The molecular formula is C9H20N2O3S. The molecule has 1 aliphatic rings. The van der Waals surface area contributed by atoms with Gasteiger partial charge in [0.15, 0.2) is 0 Å². The van der Waals surface area contributed by atoms with Crippen LogP contribution in [0.25, 0.3) is 0 Å². The Morgan fingerprint density at radius 1 is 1.53 bits per heavy atom.